The van der Waals surface area contributed by atoms with Crippen LogP contribution < -0.4 is 19.3 Å². The molecule has 80 heavy (non-hydrogen) atoms. The van der Waals surface area contributed by atoms with Crippen LogP contribution in [0.3, 0.4) is 0 Å². The fraction of sp³-hybridized carbons (Fsp3) is 0.559. The monoisotopic (exact) mass is 1130 g/mol. The lowest BCUT2D eigenvalue weighted by atomic mass is 9.68. The summed E-state index contributed by atoms with van der Waals surface area (Å²) in [6.45, 7) is 20.0. The van der Waals surface area contributed by atoms with Crippen LogP contribution in [0.4, 0.5) is 11.4 Å². The van der Waals surface area contributed by atoms with E-state index in [2.05, 4.69) is 60.1 Å². The molecule has 2 fully saturated rings. The number of unbranched alkanes of at least 4 members (excludes halogenated alkanes) is 2. The number of hydrogen-bond donors (Lipinski definition) is 2. The Morgan fingerprint density at radius 1 is 0.625 bits per heavy atom. The smallest absolute Gasteiger partial charge is 0.338 e. The van der Waals surface area contributed by atoms with Crippen molar-refractivity contribution in [2.45, 2.75) is 180 Å². The number of aliphatic hydroxyl groups excluding tert-OH is 2. The topological polar surface area (TPSA) is 118 Å². The van der Waals surface area contributed by atoms with Crippen molar-refractivity contribution in [1.82, 2.24) is 0 Å². The maximum atomic E-state index is 13.1. The molecular weight excluding hydrogens is 1040 g/mol. The van der Waals surface area contributed by atoms with Crippen LogP contribution in [0.2, 0.25) is 10.0 Å². The second-order valence-electron chi connectivity index (χ2n) is 26.0. The number of aryl methyl sites for hydroxylation is 2. The molecule has 432 valence electrons. The number of hydrogen-bond acceptors (Lipinski definition) is 10. The SMILES string of the molecule is CCC/C=C/[C@@H](O)[C@@H]1CC[C@H]1CN1C[C@@]2(CCCc3cc(Cl)ccc32)COc2ccc(C(=O)OC(C)(C)C)cc21.CCC/C=C/[C@H](O)[C@@H]1CC[C@H]1CN1C[C@@]2(CCCc3cc(Cl)ccc32)COc2ccc(C(=O)OC(C)(C)C)cc21. The Balaban J connectivity index is 0.000000194. The van der Waals surface area contributed by atoms with Gasteiger partial charge in [0.25, 0.3) is 0 Å². The van der Waals surface area contributed by atoms with Crippen LogP contribution >= 0.6 is 23.2 Å². The van der Waals surface area contributed by atoms with E-state index in [9.17, 15) is 19.8 Å². The van der Waals surface area contributed by atoms with Crippen molar-refractivity contribution in [1.29, 1.82) is 0 Å². The van der Waals surface area contributed by atoms with E-state index in [0.717, 1.165) is 149 Å². The average molecular weight is 1130 g/mol. The van der Waals surface area contributed by atoms with Crippen molar-refractivity contribution in [2.24, 2.45) is 23.7 Å². The molecule has 12 heteroatoms. The van der Waals surface area contributed by atoms with Gasteiger partial charge in [0.2, 0.25) is 0 Å². The van der Waals surface area contributed by atoms with Crippen LogP contribution in [0.1, 0.15) is 175 Å². The number of benzene rings is 4. The van der Waals surface area contributed by atoms with Crippen LogP contribution in [0.25, 0.3) is 0 Å². The third kappa shape index (κ3) is 13.9. The summed E-state index contributed by atoms with van der Waals surface area (Å²) in [5.74, 6) is 2.14. The number of esters is 2. The highest BCUT2D eigenvalue weighted by atomic mass is 35.5. The zero-order valence-electron chi connectivity index (χ0n) is 48.8. The van der Waals surface area contributed by atoms with Gasteiger partial charge in [-0.15, -0.1) is 0 Å². The number of nitrogens with zero attached hydrogens (tertiary/aromatic N) is 2. The summed E-state index contributed by atoms with van der Waals surface area (Å²) in [6, 6.07) is 24.0. The number of carbonyl (C=O) groups excluding carboxylic acids is 2. The number of ether oxygens (including phenoxy) is 4. The molecular formula is C68H88Cl2N2O8. The van der Waals surface area contributed by atoms with Crippen LogP contribution in [0.15, 0.2) is 97.1 Å². The minimum Gasteiger partial charge on any atom is -0.490 e. The van der Waals surface area contributed by atoms with Gasteiger partial charge >= 0.3 is 11.9 Å². The molecule has 6 aliphatic rings. The summed E-state index contributed by atoms with van der Waals surface area (Å²) in [5, 5.41) is 23.5. The Morgan fingerprint density at radius 2 is 1.04 bits per heavy atom. The number of rotatable bonds is 14. The predicted octanol–water partition coefficient (Wildman–Crippen LogP) is 15.0. The highest BCUT2D eigenvalue weighted by Gasteiger charge is 2.46. The van der Waals surface area contributed by atoms with Crippen LogP contribution in [0.5, 0.6) is 11.5 Å². The molecule has 0 radical (unpaired) electrons. The minimum absolute atomic E-state index is 0.178. The third-order valence-electron chi connectivity index (χ3n) is 17.7. The largest absolute Gasteiger partial charge is 0.490 e. The molecule has 0 amide bonds. The van der Waals surface area contributed by atoms with Gasteiger partial charge in [0.15, 0.2) is 0 Å². The number of anilines is 2. The molecule has 0 unspecified atom stereocenters. The lowest BCUT2D eigenvalue weighted by molar-refractivity contribution is 0.00570. The molecule has 4 aromatic carbocycles. The summed E-state index contributed by atoms with van der Waals surface area (Å²) in [6.07, 6.45) is 22.0. The second-order valence-corrected chi connectivity index (χ2v) is 26.9. The van der Waals surface area contributed by atoms with E-state index in [-0.39, 0.29) is 34.6 Å². The fourth-order valence-corrected chi connectivity index (χ4v) is 13.7. The maximum Gasteiger partial charge on any atom is 0.338 e. The quantitative estimate of drug-likeness (QED) is 0.0933. The van der Waals surface area contributed by atoms with Gasteiger partial charge in [-0.05, 0) is 225 Å². The molecule has 2 spiro atoms. The third-order valence-corrected chi connectivity index (χ3v) is 18.1. The van der Waals surface area contributed by atoms with E-state index in [1.165, 1.54) is 22.3 Å². The molecule has 8 atom stereocenters. The summed E-state index contributed by atoms with van der Waals surface area (Å²) in [7, 11) is 0. The Bertz CT molecular complexity index is 2690. The summed E-state index contributed by atoms with van der Waals surface area (Å²) < 4.78 is 24.6. The first kappa shape index (κ1) is 59.6. The molecule has 10 nitrogen and oxygen atoms in total. The van der Waals surface area contributed by atoms with Crippen LogP contribution in [-0.2, 0) is 33.1 Å². The lowest BCUT2D eigenvalue weighted by Gasteiger charge is -2.45. The molecule has 4 aromatic rings. The van der Waals surface area contributed by atoms with E-state index in [4.69, 9.17) is 42.1 Å². The maximum absolute atomic E-state index is 13.1. The Hall–Kier alpha value is -5.00. The molecule has 2 heterocycles. The van der Waals surface area contributed by atoms with Gasteiger partial charge in [-0.1, -0.05) is 86.3 Å². The Kier molecular flexibility index (Phi) is 18.8. The highest BCUT2D eigenvalue weighted by Crippen LogP contribution is 2.49. The molecule has 2 saturated carbocycles. The normalized spacial score (nSPS) is 25.0. The van der Waals surface area contributed by atoms with Crippen molar-refractivity contribution in [3.05, 3.63) is 141 Å². The van der Waals surface area contributed by atoms with Gasteiger partial charge < -0.3 is 39.0 Å². The first-order chi connectivity index (χ1) is 38.2. The number of carbonyl (C=O) groups is 2. The molecule has 4 aliphatic carbocycles. The van der Waals surface area contributed by atoms with E-state index in [1.54, 1.807) is 0 Å². The van der Waals surface area contributed by atoms with Crippen molar-refractivity contribution in [2.75, 3.05) is 49.2 Å². The van der Waals surface area contributed by atoms with E-state index >= 15 is 0 Å². The van der Waals surface area contributed by atoms with Gasteiger partial charge in [-0.2, -0.15) is 0 Å². The molecule has 10 rings (SSSR count). The first-order valence-electron chi connectivity index (χ1n) is 29.9. The Morgan fingerprint density at radius 3 is 1.40 bits per heavy atom. The minimum atomic E-state index is -0.572. The zero-order chi connectivity index (χ0) is 57.0. The van der Waals surface area contributed by atoms with Crippen molar-refractivity contribution < 1.29 is 38.7 Å². The summed E-state index contributed by atoms with van der Waals surface area (Å²) in [4.78, 5) is 31.0. The average Bonchev–Trinajstić information content (AvgIpc) is 3.67. The second kappa shape index (κ2) is 25.2. The first-order valence-corrected chi connectivity index (χ1v) is 30.7. The zero-order valence-corrected chi connectivity index (χ0v) is 50.3. The lowest BCUT2D eigenvalue weighted by Crippen LogP contribution is -2.49. The van der Waals surface area contributed by atoms with Gasteiger partial charge in [-0.25, -0.2) is 9.59 Å². The van der Waals surface area contributed by atoms with Crippen LogP contribution in [-0.4, -0.2) is 85.0 Å². The molecule has 0 bridgehead atoms. The summed E-state index contributed by atoms with van der Waals surface area (Å²) >= 11 is 12.8. The molecule has 0 saturated heterocycles. The standard InChI is InChI=1S/2C34H44ClNO4/c2*1-5-6-7-10-30(37)27-14-11-25(27)20-36-21-34(17-8-9-23-18-26(35)13-15-28(23)34)22-39-31-16-12-24(19-29(31)36)32(38)40-33(2,3)4/h2*7,10,12-13,15-16,18-19,25,27,30,37H,5-6,8-9,11,14,17,20-22H2,1-4H3/b2*10-7+/t25-,27+,30+,34-;25-,27+,30-,34-/m00/s1. The van der Waals surface area contributed by atoms with E-state index in [1.807, 2.05) is 102 Å². The molecule has 2 aliphatic heterocycles. The van der Waals surface area contributed by atoms with Gasteiger partial charge in [0, 0.05) is 47.1 Å². The number of fused-ring (bicyclic) bond motifs is 6. The van der Waals surface area contributed by atoms with E-state index in [0.29, 0.717) is 36.2 Å². The van der Waals surface area contributed by atoms with Crippen molar-refractivity contribution in [3.63, 3.8) is 0 Å². The number of halogens is 2. The van der Waals surface area contributed by atoms with Gasteiger partial charge in [0.1, 0.15) is 22.7 Å². The molecule has 2 N–H and O–H groups in total. The summed E-state index contributed by atoms with van der Waals surface area (Å²) in [5.41, 5.74) is 6.68. The number of allylic oxidation sites excluding steroid dienone is 2. The number of aliphatic hydroxyl groups is 2. The Labute approximate surface area is 487 Å². The van der Waals surface area contributed by atoms with Crippen molar-refractivity contribution >= 4 is 46.5 Å². The van der Waals surface area contributed by atoms with Gasteiger partial charge in [-0.3, -0.25) is 0 Å². The van der Waals surface area contributed by atoms with Crippen molar-refractivity contribution in [3.8, 4) is 11.5 Å². The predicted molar refractivity (Wildman–Crippen MR) is 323 cm³/mol. The van der Waals surface area contributed by atoms with E-state index < -0.39 is 23.4 Å². The molecule has 0 aromatic heterocycles. The fourth-order valence-electron chi connectivity index (χ4n) is 13.4. The van der Waals surface area contributed by atoms with Gasteiger partial charge in [0.05, 0.1) is 47.9 Å². The highest BCUT2D eigenvalue weighted by molar-refractivity contribution is 6.31. The van der Waals surface area contributed by atoms with Crippen LogP contribution in [0, 0.1) is 23.7 Å².